The molecule has 0 saturated carbocycles. The highest BCUT2D eigenvalue weighted by molar-refractivity contribution is 6.13. The van der Waals surface area contributed by atoms with Gasteiger partial charge >= 0.3 is 5.97 Å². The number of rotatable bonds is 4. The van der Waals surface area contributed by atoms with Crippen LogP contribution < -0.4 is 4.90 Å². The summed E-state index contributed by atoms with van der Waals surface area (Å²) in [7, 11) is 3.39. The number of pyridine rings is 1. The van der Waals surface area contributed by atoms with E-state index in [-0.39, 0.29) is 5.91 Å². The lowest BCUT2D eigenvalue weighted by molar-refractivity contribution is 0.0600. The number of anilines is 1. The van der Waals surface area contributed by atoms with E-state index in [4.69, 9.17) is 4.74 Å². The van der Waals surface area contributed by atoms with E-state index in [0.29, 0.717) is 25.2 Å². The minimum atomic E-state index is -0.402. The summed E-state index contributed by atoms with van der Waals surface area (Å²) in [4.78, 5) is 34.4. The molecule has 0 N–H and O–H groups in total. The van der Waals surface area contributed by atoms with Gasteiger partial charge in [-0.15, -0.1) is 0 Å². The predicted molar refractivity (Wildman–Crippen MR) is 141 cm³/mol. The number of fused-ring (bicyclic) bond motifs is 1. The van der Waals surface area contributed by atoms with Crippen LogP contribution in [0.4, 0.5) is 5.82 Å². The van der Waals surface area contributed by atoms with Gasteiger partial charge in [0.15, 0.2) is 0 Å². The first-order chi connectivity index (χ1) is 17.5. The molecule has 2 aromatic carbocycles. The van der Waals surface area contributed by atoms with Crippen LogP contribution in [0.3, 0.4) is 0 Å². The number of aryl methyl sites for hydroxylation is 2. The average Bonchev–Trinajstić information content (AvgIpc) is 3.04. The normalized spacial score (nSPS) is 14.1. The number of carbonyl (C=O) groups is 2. The minimum Gasteiger partial charge on any atom is -0.465 e. The van der Waals surface area contributed by atoms with Crippen LogP contribution in [-0.2, 0) is 11.8 Å². The summed E-state index contributed by atoms with van der Waals surface area (Å²) in [6.07, 6.45) is 2.37. The van der Waals surface area contributed by atoms with Gasteiger partial charge in [-0.25, -0.2) is 9.78 Å². The third kappa shape index (κ3) is 4.33. The van der Waals surface area contributed by atoms with E-state index in [0.717, 1.165) is 52.1 Å². The van der Waals surface area contributed by atoms with E-state index in [9.17, 15) is 9.59 Å². The Morgan fingerprint density at radius 2 is 1.75 bits per heavy atom. The van der Waals surface area contributed by atoms with Crippen molar-refractivity contribution in [1.82, 2.24) is 14.5 Å². The summed E-state index contributed by atoms with van der Waals surface area (Å²) in [6.45, 7) is 4.78. The second-order valence-electron chi connectivity index (χ2n) is 9.20. The second kappa shape index (κ2) is 9.85. The molecule has 0 bridgehead atoms. The number of hydrogen-bond donors (Lipinski definition) is 0. The summed E-state index contributed by atoms with van der Waals surface area (Å²) in [5, 5.41) is 0.988. The van der Waals surface area contributed by atoms with Gasteiger partial charge in [0.05, 0.1) is 23.9 Å². The van der Waals surface area contributed by atoms with Gasteiger partial charge < -0.3 is 19.1 Å². The fraction of sp³-hybridized carbons (Fsp3) is 0.276. The highest BCUT2D eigenvalue weighted by Crippen LogP contribution is 2.35. The molecule has 7 heteroatoms. The molecule has 2 aromatic heterocycles. The zero-order valence-electron chi connectivity index (χ0n) is 20.9. The first-order valence-corrected chi connectivity index (χ1v) is 12.2. The minimum absolute atomic E-state index is 0.0564. The molecule has 0 aliphatic carbocycles. The molecule has 0 unspecified atom stereocenters. The maximum Gasteiger partial charge on any atom is 0.339 e. The molecule has 1 amide bonds. The van der Waals surface area contributed by atoms with Crippen molar-refractivity contribution < 1.29 is 14.3 Å². The van der Waals surface area contributed by atoms with Gasteiger partial charge in [0.2, 0.25) is 0 Å². The second-order valence-corrected chi connectivity index (χ2v) is 9.20. The molecule has 1 aliphatic heterocycles. The van der Waals surface area contributed by atoms with E-state index < -0.39 is 5.97 Å². The zero-order valence-corrected chi connectivity index (χ0v) is 20.9. The number of carbonyl (C=O) groups excluding carboxylic acids is 2. The van der Waals surface area contributed by atoms with E-state index in [2.05, 4.69) is 51.7 Å². The molecule has 5 rings (SSSR count). The first-order valence-electron chi connectivity index (χ1n) is 12.2. The number of ether oxygens (including phenoxy) is 1. The quantitative estimate of drug-likeness (QED) is 0.395. The Balaban J connectivity index is 1.45. The monoisotopic (exact) mass is 482 g/mol. The van der Waals surface area contributed by atoms with E-state index in [1.54, 1.807) is 12.3 Å². The Bertz CT molecular complexity index is 1410. The maximum absolute atomic E-state index is 14.1. The number of benzene rings is 2. The summed E-state index contributed by atoms with van der Waals surface area (Å²) < 4.78 is 6.90. The molecule has 3 heterocycles. The van der Waals surface area contributed by atoms with Crippen LogP contribution in [0.5, 0.6) is 0 Å². The largest absolute Gasteiger partial charge is 0.465 e. The number of aromatic nitrogens is 2. The van der Waals surface area contributed by atoms with Gasteiger partial charge in [-0.2, -0.15) is 0 Å². The van der Waals surface area contributed by atoms with Crippen LogP contribution in [0, 0.1) is 6.92 Å². The highest BCUT2D eigenvalue weighted by atomic mass is 16.5. The van der Waals surface area contributed by atoms with Crippen molar-refractivity contribution in [3.05, 3.63) is 83.6 Å². The predicted octanol–water partition coefficient (Wildman–Crippen LogP) is 4.69. The van der Waals surface area contributed by atoms with Crippen LogP contribution in [0.25, 0.3) is 22.2 Å². The van der Waals surface area contributed by atoms with E-state index in [1.807, 2.05) is 36.2 Å². The number of amides is 1. The van der Waals surface area contributed by atoms with Crippen molar-refractivity contribution in [2.75, 3.05) is 38.2 Å². The van der Waals surface area contributed by atoms with Gasteiger partial charge in [0, 0.05) is 50.3 Å². The van der Waals surface area contributed by atoms with Crippen molar-refractivity contribution >= 4 is 28.6 Å². The fourth-order valence-electron chi connectivity index (χ4n) is 5.03. The van der Waals surface area contributed by atoms with Crippen LogP contribution in [0.1, 0.15) is 32.7 Å². The van der Waals surface area contributed by atoms with Crippen LogP contribution in [0.15, 0.2) is 66.9 Å². The topological polar surface area (TPSA) is 67.7 Å². The van der Waals surface area contributed by atoms with Crippen LogP contribution >= 0.6 is 0 Å². The third-order valence-corrected chi connectivity index (χ3v) is 6.89. The molecule has 1 aliphatic rings. The lowest BCUT2D eigenvalue weighted by Crippen LogP contribution is -2.35. The molecule has 0 radical (unpaired) electrons. The molecular formula is C29H30N4O3. The van der Waals surface area contributed by atoms with Crippen molar-refractivity contribution in [2.24, 2.45) is 7.05 Å². The van der Waals surface area contributed by atoms with Gasteiger partial charge in [0.1, 0.15) is 5.82 Å². The Hall–Kier alpha value is -4.13. The Kier molecular flexibility index (Phi) is 6.46. The Labute approximate surface area is 210 Å². The summed E-state index contributed by atoms with van der Waals surface area (Å²) in [6, 6.07) is 20.0. The van der Waals surface area contributed by atoms with Gasteiger partial charge in [-0.05, 0) is 43.2 Å². The lowest BCUT2D eigenvalue weighted by atomic mass is 10.0. The number of methoxy groups -OCH3 is 1. The van der Waals surface area contributed by atoms with Gasteiger partial charge in [0.25, 0.3) is 5.91 Å². The van der Waals surface area contributed by atoms with Crippen molar-refractivity contribution in [3.8, 4) is 11.3 Å². The van der Waals surface area contributed by atoms with E-state index in [1.165, 1.54) is 7.11 Å². The molecule has 1 fully saturated rings. The highest BCUT2D eigenvalue weighted by Gasteiger charge is 2.28. The van der Waals surface area contributed by atoms with Crippen molar-refractivity contribution in [3.63, 3.8) is 0 Å². The Morgan fingerprint density at radius 1 is 0.944 bits per heavy atom. The molecule has 1 saturated heterocycles. The molecular weight excluding hydrogens is 452 g/mol. The van der Waals surface area contributed by atoms with Crippen molar-refractivity contribution in [1.29, 1.82) is 0 Å². The molecule has 184 valence electrons. The molecule has 0 spiro atoms. The smallest absolute Gasteiger partial charge is 0.339 e. The number of hydrogen-bond acceptors (Lipinski definition) is 5. The fourth-order valence-corrected chi connectivity index (χ4v) is 5.03. The molecule has 0 atom stereocenters. The Morgan fingerprint density at radius 3 is 2.47 bits per heavy atom. The average molecular weight is 483 g/mol. The summed E-state index contributed by atoms with van der Waals surface area (Å²) in [5.74, 6) is 0.449. The maximum atomic E-state index is 14.1. The lowest BCUT2D eigenvalue weighted by Gasteiger charge is -2.23. The van der Waals surface area contributed by atoms with Crippen molar-refractivity contribution in [2.45, 2.75) is 13.3 Å². The van der Waals surface area contributed by atoms with E-state index >= 15 is 0 Å². The number of nitrogens with zero attached hydrogens (tertiary/aromatic N) is 4. The van der Waals surface area contributed by atoms with Gasteiger partial charge in [-0.1, -0.05) is 42.0 Å². The van der Waals surface area contributed by atoms with Gasteiger partial charge in [-0.3, -0.25) is 4.79 Å². The molecule has 7 nitrogen and oxygen atoms in total. The molecule has 4 aromatic rings. The third-order valence-electron chi connectivity index (χ3n) is 6.89. The SMILES string of the molecule is COC(=O)c1ccc(N2CCCN(C(=O)c3c(-c4ccccc4)n(C)c4ccc(C)cc34)CC2)nc1. The first kappa shape index (κ1) is 23.6. The molecule has 36 heavy (non-hydrogen) atoms. The summed E-state index contributed by atoms with van der Waals surface area (Å²) in [5.41, 5.74) is 5.34. The van der Waals surface area contributed by atoms with Crippen LogP contribution in [0.2, 0.25) is 0 Å². The van der Waals surface area contributed by atoms with Crippen LogP contribution in [-0.4, -0.2) is 59.6 Å². The zero-order chi connectivity index (χ0) is 25.2. The summed E-state index contributed by atoms with van der Waals surface area (Å²) >= 11 is 0. The number of esters is 1. The standard InChI is InChI=1S/C29H30N4O3/c1-20-10-12-24-23(18-20)26(27(31(24)2)21-8-5-4-6-9-21)28(34)33-15-7-14-32(16-17-33)25-13-11-22(19-30-25)29(35)36-3/h4-6,8-13,18-19H,7,14-17H2,1-3H3.